The molecule has 0 saturated carbocycles. The van der Waals surface area contributed by atoms with Crippen LogP contribution in [0.1, 0.15) is 36.1 Å². The van der Waals surface area contributed by atoms with Gasteiger partial charge in [0.15, 0.2) is 11.5 Å². The maximum Gasteiger partial charge on any atom is 0.161 e. The molecule has 134 valence electrons. The highest BCUT2D eigenvalue weighted by molar-refractivity contribution is 6.30. The average Bonchev–Trinajstić information content (AvgIpc) is 2.64. The first-order chi connectivity index (χ1) is 12.1. The van der Waals surface area contributed by atoms with Crippen molar-refractivity contribution in [3.63, 3.8) is 0 Å². The van der Waals surface area contributed by atoms with Gasteiger partial charge in [0.1, 0.15) is 0 Å². The van der Waals surface area contributed by atoms with Crippen molar-refractivity contribution in [3.8, 4) is 11.5 Å². The lowest BCUT2D eigenvalue weighted by molar-refractivity contribution is 0.195. The number of benzene rings is 2. The molecule has 1 atom stereocenters. The van der Waals surface area contributed by atoms with E-state index < -0.39 is 0 Å². The standard InChI is InChI=1S/C21H26ClNO2/c1-15-19-14-21(25-3)20(24-2)13-17(19)10-12-23(15)11-4-5-16-6-8-18(22)9-7-16/h6-9,13-15H,4-5,10-12H2,1-3H3. The topological polar surface area (TPSA) is 21.7 Å². The number of methoxy groups -OCH3 is 2. The number of fused-ring (bicyclic) bond motifs is 1. The lowest BCUT2D eigenvalue weighted by Gasteiger charge is -2.35. The number of aryl methyl sites for hydroxylation is 1. The van der Waals surface area contributed by atoms with Crippen molar-refractivity contribution in [3.05, 3.63) is 58.1 Å². The highest BCUT2D eigenvalue weighted by Gasteiger charge is 2.25. The van der Waals surface area contributed by atoms with E-state index in [2.05, 4.69) is 36.1 Å². The Kier molecular flexibility index (Phi) is 5.87. The van der Waals surface area contributed by atoms with E-state index in [-0.39, 0.29) is 0 Å². The molecule has 0 fully saturated rings. The van der Waals surface area contributed by atoms with Gasteiger partial charge in [-0.1, -0.05) is 23.7 Å². The molecule has 0 N–H and O–H groups in total. The van der Waals surface area contributed by atoms with Crippen molar-refractivity contribution in [2.24, 2.45) is 0 Å². The number of ether oxygens (including phenoxy) is 2. The van der Waals surface area contributed by atoms with Crippen molar-refractivity contribution in [2.45, 2.75) is 32.2 Å². The molecule has 25 heavy (non-hydrogen) atoms. The Balaban J connectivity index is 1.64. The molecule has 4 heteroatoms. The molecule has 1 aliphatic heterocycles. The van der Waals surface area contributed by atoms with Crippen LogP contribution in [-0.4, -0.2) is 32.2 Å². The summed E-state index contributed by atoms with van der Waals surface area (Å²) in [6, 6.07) is 12.9. The third-order valence-corrected chi connectivity index (χ3v) is 5.39. The number of nitrogens with zero attached hydrogens (tertiary/aromatic N) is 1. The van der Waals surface area contributed by atoms with E-state index in [0.717, 1.165) is 48.9 Å². The zero-order valence-corrected chi connectivity index (χ0v) is 16.0. The van der Waals surface area contributed by atoms with Gasteiger partial charge in [-0.3, -0.25) is 4.90 Å². The molecule has 2 aromatic rings. The number of hydrogen-bond acceptors (Lipinski definition) is 3. The Hall–Kier alpha value is -1.71. The second-order valence-electron chi connectivity index (χ2n) is 6.60. The van der Waals surface area contributed by atoms with Gasteiger partial charge in [0.05, 0.1) is 14.2 Å². The zero-order valence-electron chi connectivity index (χ0n) is 15.2. The largest absolute Gasteiger partial charge is 0.493 e. The van der Waals surface area contributed by atoms with Gasteiger partial charge in [-0.2, -0.15) is 0 Å². The van der Waals surface area contributed by atoms with Crippen LogP contribution in [0, 0.1) is 0 Å². The second kappa shape index (κ2) is 8.11. The third kappa shape index (κ3) is 4.10. The predicted octanol–water partition coefficient (Wildman–Crippen LogP) is 4.91. The molecule has 2 aromatic carbocycles. The second-order valence-corrected chi connectivity index (χ2v) is 7.03. The molecule has 0 amide bonds. The van der Waals surface area contributed by atoms with Gasteiger partial charge in [-0.15, -0.1) is 0 Å². The molecule has 1 heterocycles. The van der Waals surface area contributed by atoms with Crippen molar-refractivity contribution in [2.75, 3.05) is 27.3 Å². The van der Waals surface area contributed by atoms with Crippen molar-refractivity contribution >= 4 is 11.6 Å². The summed E-state index contributed by atoms with van der Waals surface area (Å²) in [5.41, 5.74) is 4.08. The number of rotatable bonds is 6. The van der Waals surface area contributed by atoms with E-state index in [4.69, 9.17) is 21.1 Å². The van der Waals surface area contributed by atoms with Crippen molar-refractivity contribution < 1.29 is 9.47 Å². The van der Waals surface area contributed by atoms with E-state index >= 15 is 0 Å². The van der Waals surface area contributed by atoms with Crippen molar-refractivity contribution in [1.82, 2.24) is 4.90 Å². The molecule has 1 unspecified atom stereocenters. The summed E-state index contributed by atoms with van der Waals surface area (Å²) in [6.45, 7) is 4.47. The van der Waals surface area contributed by atoms with E-state index in [1.807, 2.05) is 12.1 Å². The van der Waals surface area contributed by atoms with Crippen LogP contribution in [0.5, 0.6) is 11.5 Å². The smallest absolute Gasteiger partial charge is 0.161 e. The Bertz CT molecular complexity index is 715. The summed E-state index contributed by atoms with van der Waals surface area (Å²) in [6.07, 6.45) is 3.29. The van der Waals surface area contributed by atoms with Crippen molar-refractivity contribution in [1.29, 1.82) is 0 Å². The molecular weight excluding hydrogens is 334 g/mol. The van der Waals surface area contributed by atoms with Gasteiger partial charge in [-0.25, -0.2) is 0 Å². The highest BCUT2D eigenvalue weighted by atomic mass is 35.5. The molecule has 0 radical (unpaired) electrons. The lowest BCUT2D eigenvalue weighted by Crippen LogP contribution is -2.35. The fourth-order valence-electron chi connectivity index (χ4n) is 3.64. The predicted molar refractivity (Wildman–Crippen MR) is 103 cm³/mol. The molecule has 0 bridgehead atoms. The Morgan fingerprint density at radius 2 is 1.76 bits per heavy atom. The summed E-state index contributed by atoms with van der Waals surface area (Å²) >= 11 is 5.95. The number of halogens is 1. The minimum atomic E-state index is 0.397. The molecule has 0 aromatic heterocycles. The zero-order chi connectivity index (χ0) is 17.8. The average molecular weight is 360 g/mol. The fraction of sp³-hybridized carbons (Fsp3) is 0.429. The summed E-state index contributed by atoms with van der Waals surface area (Å²) in [5, 5.41) is 0.800. The van der Waals surface area contributed by atoms with Crippen LogP contribution in [0.4, 0.5) is 0 Å². The van der Waals surface area contributed by atoms with Gasteiger partial charge in [0.2, 0.25) is 0 Å². The van der Waals surface area contributed by atoms with Gasteiger partial charge >= 0.3 is 0 Å². The lowest BCUT2D eigenvalue weighted by atomic mass is 9.92. The first-order valence-electron chi connectivity index (χ1n) is 8.85. The molecular formula is C21H26ClNO2. The minimum Gasteiger partial charge on any atom is -0.493 e. The third-order valence-electron chi connectivity index (χ3n) is 5.14. The molecule has 0 spiro atoms. The Morgan fingerprint density at radius 1 is 1.08 bits per heavy atom. The number of hydrogen-bond donors (Lipinski definition) is 0. The van der Waals surface area contributed by atoms with E-state index in [1.165, 1.54) is 16.7 Å². The molecule has 1 aliphatic rings. The van der Waals surface area contributed by atoms with E-state index in [9.17, 15) is 0 Å². The first kappa shape index (κ1) is 18.1. The summed E-state index contributed by atoms with van der Waals surface area (Å²) < 4.78 is 10.9. The monoisotopic (exact) mass is 359 g/mol. The summed E-state index contributed by atoms with van der Waals surface area (Å²) in [4.78, 5) is 2.56. The van der Waals surface area contributed by atoms with Crippen LogP contribution in [0.25, 0.3) is 0 Å². The van der Waals surface area contributed by atoms with Gasteiger partial charge in [0, 0.05) is 17.6 Å². The Morgan fingerprint density at radius 3 is 2.44 bits per heavy atom. The molecule has 3 nitrogen and oxygen atoms in total. The van der Waals surface area contributed by atoms with E-state index in [1.54, 1.807) is 14.2 Å². The van der Waals surface area contributed by atoms with Crippen LogP contribution >= 0.6 is 11.6 Å². The SMILES string of the molecule is COc1cc2c(cc1OC)C(C)N(CCCc1ccc(Cl)cc1)CC2. The Labute approximate surface area is 155 Å². The van der Waals surface area contributed by atoms with Crippen LogP contribution in [-0.2, 0) is 12.8 Å². The first-order valence-corrected chi connectivity index (χ1v) is 9.23. The molecule has 0 aliphatic carbocycles. The maximum absolute atomic E-state index is 5.95. The molecule has 3 rings (SSSR count). The van der Waals surface area contributed by atoms with E-state index in [0.29, 0.717) is 6.04 Å². The highest BCUT2D eigenvalue weighted by Crippen LogP contribution is 2.37. The minimum absolute atomic E-state index is 0.397. The summed E-state index contributed by atoms with van der Waals surface area (Å²) in [5.74, 6) is 1.64. The normalized spacial score (nSPS) is 17.2. The van der Waals surface area contributed by atoms with Crippen LogP contribution in [0.2, 0.25) is 5.02 Å². The molecule has 0 saturated heterocycles. The van der Waals surface area contributed by atoms with Crippen LogP contribution in [0.3, 0.4) is 0 Å². The van der Waals surface area contributed by atoms with Gasteiger partial charge in [0.25, 0.3) is 0 Å². The fourth-order valence-corrected chi connectivity index (χ4v) is 3.77. The van der Waals surface area contributed by atoms with Gasteiger partial charge < -0.3 is 9.47 Å². The quantitative estimate of drug-likeness (QED) is 0.731. The maximum atomic E-state index is 5.95. The van der Waals surface area contributed by atoms with Crippen LogP contribution in [0.15, 0.2) is 36.4 Å². The van der Waals surface area contributed by atoms with Crippen LogP contribution < -0.4 is 9.47 Å². The van der Waals surface area contributed by atoms with Gasteiger partial charge in [-0.05, 0) is 73.7 Å². The summed E-state index contributed by atoms with van der Waals surface area (Å²) in [7, 11) is 3.39.